The van der Waals surface area contributed by atoms with E-state index >= 15 is 0 Å². The summed E-state index contributed by atoms with van der Waals surface area (Å²) in [5.74, 6) is 1.39. The molecule has 3 aromatic carbocycles. The van der Waals surface area contributed by atoms with Crippen molar-refractivity contribution in [3.8, 4) is 11.5 Å². The van der Waals surface area contributed by atoms with Gasteiger partial charge in [-0.3, -0.25) is 0 Å². The third-order valence-corrected chi connectivity index (χ3v) is 7.31. The normalized spacial score (nSPS) is 14.4. The first-order valence-corrected chi connectivity index (χ1v) is 12.8. The summed E-state index contributed by atoms with van der Waals surface area (Å²) in [6.45, 7) is 5.03. The fraction of sp³-hybridized carbons (Fsp3) is 0.138. The fourth-order valence-corrected chi connectivity index (χ4v) is 5.80. The van der Waals surface area contributed by atoms with Gasteiger partial charge >= 0.3 is 202 Å². The van der Waals surface area contributed by atoms with Crippen LogP contribution in [0.1, 0.15) is 30.5 Å². The van der Waals surface area contributed by atoms with E-state index in [9.17, 15) is 0 Å². The van der Waals surface area contributed by atoms with Gasteiger partial charge in [-0.25, -0.2) is 0 Å². The molecule has 0 bridgehead atoms. The number of rotatable bonds is 8. The van der Waals surface area contributed by atoms with E-state index in [2.05, 4.69) is 60.7 Å². The molecule has 166 valence electrons. The van der Waals surface area contributed by atoms with Crippen molar-refractivity contribution >= 4 is 30.7 Å². The molecule has 33 heavy (non-hydrogen) atoms. The number of hydrogen-bond donors (Lipinski definition) is 1. The molecule has 1 aliphatic heterocycles. The van der Waals surface area contributed by atoms with Gasteiger partial charge in [0.1, 0.15) is 0 Å². The van der Waals surface area contributed by atoms with E-state index in [1.165, 1.54) is 25.6 Å². The van der Waals surface area contributed by atoms with Crippen molar-refractivity contribution in [3.63, 3.8) is 0 Å². The molecule has 0 unspecified atom stereocenters. The Kier molecular flexibility index (Phi) is 7.62. The number of allylic oxidation sites excluding steroid dienone is 5. The predicted molar refractivity (Wildman–Crippen MR) is 138 cm³/mol. The number of hydrogen-bond acceptors (Lipinski definition) is 3. The van der Waals surface area contributed by atoms with Crippen LogP contribution in [0.2, 0.25) is 0 Å². The number of benzene rings is 3. The van der Waals surface area contributed by atoms with Crippen molar-refractivity contribution in [1.29, 1.82) is 5.41 Å². The molecule has 0 fully saturated rings. The van der Waals surface area contributed by atoms with Gasteiger partial charge < -0.3 is 0 Å². The van der Waals surface area contributed by atoms with Crippen LogP contribution in [0.25, 0.3) is 10.0 Å². The molecule has 1 aliphatic rings. The van der Waals surface area contributed by atoms with Gasteiger partial charge in [-0.05, 0) is 0 Å². The Labute approximate surface area is 202 Å². The zero-order valence-corrected chi connectivity index (χ0v) is 20.6. The van der Waals surface area contributed by atoms with Crippen LogP contribution in [0, 0.1) is 5.41 Å². The molecule has 0 aromatic heterocycles. The molecule has 0 saturated carbocycles. The second kappa shape index (κ2) is 11.0. The molecule has 0 amide bonds. The second-order valence-electron chi connectivity index (χ2n) is 7.43. The van der Waals surface area contributed by atoms with Crippen LogP contribution in [-0.4, -0.2) is 33.9 Å². The topological polar surface area (TPSA) is 42.3 Å². The van der Waals surface area contributed by atoms with Crippen LogP contribution >= 0.6 is 0 Å². The van der Waals surface area contributed by atoms with Crippen LogP contribution in [0.4, 0.5) is 0 Å². The van der Waals surface area contributed by atoms with Crippen molar-refractivity contribution in [2.75, 3.05) is 13.2 Å². The Morgan fingerprint density at radius 1 is 0.788 bits per heavy atom. The zero-order valence-electron chi connectivity index (χ0n) is 18.9. The Bertz CT molecular complexity index is 1210. The van der Waals surface area contributed by atoms with Gasteiger partial charge in [0.15, 0.2) is 0 Å². The van der Waals surface area contributed by atoms with Gasteiger partial charge in [0, 0.05) is 0 Å². The van der Waals surface area contributed by atoms with Crippen LogP contribution < -0.4 is 9.47 Å². The first-order valence-electron chi connectivity index (χ1n) is 11.1. The molecule has 0 spiro atoms. The average Bonchev–Trinajstić information content (AvgIpc) is 2.86. The molecular weight excluding hydrogens is 473 g/mol. The van der Waals surface area contributed by atoms with E-state index in [0.29, 0.717) is 30.4 Å². The van der Waals surface area contributed by atoms with E-state index < -0.39 is 0 Å². The van der Waals surface area contributed by atoms with Crippen molar-refractivity contribution in [1.82, 2.24) is 0 Å². The molecular formula is C29H27NO2Se. The van der Waals surface area contributed by atoms with Gasteiger partial charge in [-0.2, -0.15) is 0 Å². The van der Waals surface area contributed by atoms with Gasteiger partial charge in [0.25, 0.3) is 0 Å². The van der Waals surface area contributed by atoms with Crippen LogP contribution in [-0.2, 0) is 0 Å². The summed E-state index contributed by atoms with van der Waals surface area (Å²) in [6, 6.07) is 26.7. The Hall–Kier alpha value is -3.33. The summed E-state index contributed by atoms with van der Waals surface area (Å²) in [4.78, 5) is 0. The Balaban J connectivity index is 1.69. The third-order valence-electron chi connectivity index (χ3n) is 5.12. The molecule has 1 heterocycles. The first kappa shape index (κ1) is 22.8. The molecule has 0 saturated heterocycles. The molecule has 4 heteroatoms. The summed E-state index contributed by atoms with van der Waals surface area (Å²) in [5, 5.41) is 8.80. The van der Waals surface area contributed by atoms with E-state index in [0.717, 1.165) is 5.56 Å². The van der Waals surface area contributed by atoms with Gasteiger partial charge in [0.05, 0.1) is 0 Å². The summed E-state index contributed by atoms with van der Waals surface area (Å²) in [5.41, 5.74) is 4.86. The fourth-order valence-electron chi connectivity index (χ4n) is 3.58. The maximum atomic E-state index is 8.80. The van der Waals surface area contributed by atoms with Gasteiger partial charge in [-0.1, -0.05) is 0 Å². The second-order valence-corrected chi connectivity index (χ2v) is 9.77. The van der Waals surface area contributed by atoms with E-state index in [1.807, 2.05) is 50.3 Å². The summed E-state index contributed by atoms with van der Waals surface area (Å²) >= 11 is 0.0972. The molecule has 0 atom stereocenters. The summed E-state index contributed by atoms with van der Waals surface area (Å²) in [6.07, 6.45) is 6.49. The zero-order chi connectivity index (χ0) is 23.0. The first-order chi connectivity index (χ1) is 16.2. The minimum absolute atomic E-state index is 0.0972. The quantitative estimate of drug-likeness (QED) is 0.281. The molecule has 4 rings (SSSR count). The Morgan fingerprint density at radius 2 is 1.42 bits per heavy atom. The predicted octanol–water partition coefficient (Wildman–Crippen LogP) is 6.58. The minimum atomic E-state index is 0.0972. The number of nitrogens with one attached hydrogen (secondary N) is 1. The molecule has 0 radical (unpaired) electrons. The van der Waals surface area contributed by atoms with E-state index in [1.54, 1.807) is 0 Å². The maximum absolute atomic E-state index is 8.80. The van der Waals surface area contributed by atoms with Crippen molar-refractivity contribution in [2.24, 2.45) is 0 Å². The molecule has 1 N–H and O–H groups in total. The van der Waals surface area contributed by atoms with Crippen LogP contribution in [0.15, 0.2) is 102 Å². The van der Waals surface area contributed by atoms with E-state index in [4.69, 9.17) is 14.9 Å². The number of ether oxygens (including phenoxy) is 2. The van der Waals surface area contributed by atoms with Crippen LogP contribution in [0.3, 0.4) is 0 Å². The SMILES string of the molecule is CCOc1ccc(C(=N)/C=C2/C=C(c3ccccc3)C=C(c3ccccc3)[Se]2)cc1OCC. The molecule has 3 nitrogen and oxygen atoms in total. The van der Waals surface area contributed by atoms with Gasteiger partial charge in [-0.15, -0.1) is 0 Å². The standard InChI is InChI=1S/C29H27NO2Se/c1-3-31-27-16-15-23(18-28(27)32-4-2)26(30)20-25-17-24(21-11-7-5-8-12-21)19-29(33-25)22-13-9-6-10-14-22/h5-20,30H,3-4H2,1-2H3/b25-20-,30-26?. The van der Waals surface area contributed by atoms with Crippen molar-refractivity contribution in [3.05, 3.63) is 118 Å². The molecule has 0 aliphatic carbocycles. The van der Waals surface area contributed by atoms with Crippen LogP contribution in [0.5, 0.6) is 11.5 Å². The van der Waals surface area contributed by atoms with E-state index in [-0.39, 0.29) is 15.0 Å². The average molecular weight is 501 g/mol. The monoisotopic (exact) mass is 501 g/mol. The summed E-state index contributed by atoms with van der Waals surface area (Å²) in [7, 11) is 0. The third kappa shape index (κ3) is 5.73. The van der Waals surface area contributed by atoms with Gasteiger partial charge in [0.2, 0.25) is 0 Å². The van der Waals surface area contributed by atoms with Crippen molar-refractivity contribution in [2.45, 2.75) is 13.8 Å². The molecule has 3 aromatic rings. The van der Waals surface area contributed by atoms with Crippen molar-refractivity contribution < 1.29 is 9.47 Å². The Morgan fingerprint density at radius 3 is 2.09 bits per heavy atom. The summed E-state index contributed by atoms with van der Waals surface area (Å²) < 4.78 is 13.9.